The average molecular weight is 290 g/mol. The Kier molecular flexibility index (Phi) is 5.24. The van der Waals surface area contributed by atoms with Crippen molar-refractivity contribution in [2.45, 2.75) is 27.7 Å². The minimum Gasteiger partial charge on any atom is -0.478 e. The van der Waals surface area contributed by atoms with Crippen LogP contribution in [-0.2, 0) is 14.4 Å². The molecule has 0 radical (unpaired) electrons. The Labute approximate surface area is 122 Å². The third-order valence-electron chi connectivity index (χ3n) is 3.03. The summed E-state index contributed by atoms with van der Waals surface area (Å²) in [5.41, 5.74) is 2.00. The quantitative estimate of drug-likeness (QED) is 0.741. The third-order valence-corrected chi connectivity index (χ3v) is 3.03. The fourth-order valence-electron chi connectivity index (χ4n) is 1.58. The summed E-state index contributed by atoms with van der Waals surface area (Å²) in [6.07, 6.45) is 0. The Hall–Kier alpha value is -2.63. The lowest BCUT2D eigenvalue weighted by Crippen LogP contribution is -2.17. The molecule has 0 saturated heterocycles. The summed E-state index contributed by atoms with van der Waals surface area (Å²) in [7, 11) is 0. The van der Waals surface area contributed by atoms with Gasteiger partial charge in [0.15, 0.2) is 0 Å². The maximum absolute atomic E-state index is 12.0. The van der Waals surface area contributed by atoms with E-state index in [4.69, 9.17) is 5.11 Å². The highest BCUT2D eigenvalue weighted by Gasteiger charge is 2.14. The first-order valence-electron chi connectivity index (χ1n) is 6.32. The van der Waals surface area contributed by atoms with Crippen molar-refractivity contribution in [2.24, 2.45) is 0 Å². The standard InChI is InChI=1S/C15H18N2O4/c1-8-5-6-12(16-11(4)18)7-13(8)17-14(19)9(2)10(3)15(20)21/h5-7H,1-4H3,(H,16,18)(H,17,19)(H,20,21)/b10-9-. The van der Waals surface area contributed by atoms with Gasteiger partial charge in [-0.15, -0.1) is 0 Å². The molecule has 1 rings (SSSR count). The number of carboxylic acid groups (broad SMARTS) is 1. The van der Waals surface area contributed by atoms with Crippen molar-refractivity contribution in [3.05, 3.63) is 34.9 Å². The fourth-order valence-corrected chi connectivity index (χ4v) is 1.58. The van der Waals surface area contributed by atoms with Crippen LogP contribution in [0.2, 0.25) is 0 Å². The molecule has 6 nitrogen and oxygen atoms in total. The Bertz CT molecular complexity index is 633. The van der Waals surface area contributed by atoms with Crippen LogP contribution in [0.25, 0.3) is 0 Å². The zero-order valence-corrected chi connectivity index (χ0v) is 12.4. The largest absolute Gasteiger partial charge is 0.478 e. The summed E-state index contributed by atoms with van der Waals surface area (Å²) in [5, 5.41) is 14.1. The van der Waals surface area contributed by atoms with Gasteiger partial charge in [-0.25, -0.2) is 4.79 Å². The summed E-state index contributed by atoms with van der Waals surface area (Å²) >= 11 is 0. The Morgan fingerprint density at radius 3 is 2.14 bits per heavy atom. The molecule has 21 heavy (non-hydrogen) atoms. The minimum atomic E-state index is -1.13. The van der Waals surface area contributed by atoms with Gasteiger partial charge in [0, 0.05) is 29.4 Å². The van der Waals surface area contributed by atoms with E-state index in [0.717, 1.165) is 5.56 Å². The summed E-state index contributed by atoms with van der Waals surface area (Å²) in [6, 6.07) is 5.10. The molecule has 0 bridgehead atoms. The topological polar surface area (TPSA) is 95.5 Å². The molecule has 0 aromatic heterocycles. The number of carbonyl (C=O) groups excluding carboxylic acids is 2. The van der Waals surface area contributed by atoms with Crippen molar-refractivity contribution >= 4 is 29.2 Å². The van der Waals surface area contributed by atoms with Crippen LogP contribution < -0.4 is 10.6 Å². The van der Waals surface area contributed by atoms with Gasteiger partial charge >= 0.3 is 5.97 Å². The van der Waals surface area contributed by atoms with Gasteiger partial charge in [-0.05, 0) is 38.5 Å². The molecule has 6 heteroatoms. The van der Waals surface area contributed by atoms with Crippen molar-refractivity contribution in [1.29, 1.82) is 0 Å². The predicted octanol–water partition coefficient (Wildman–Crippen LogP) is 2.31. The molecule has 0 aliphatic carbocycles. The molecule has 0 fully saturated rings. The number of anilines is 2. The maximum Gasteiger partial charge on any atom is 0.331 e. The highest BCUT2D eigenvalue weighted by atomic mass is 16.4. The van der Waals surface area contributed by atoms with E-state index in [-0.39, 0.29) is 17.1 Å². The lowest BCUT2D eigenvalue weighted by Gasteiger charge is -2.12. The first-order valence-corrected chi connectivity index (χ1v) is 6.32. The molecule has 0 aliphatic rings. The number of benzene rings is 1. The Morgan fingerprint density at radius 2 is 1.62 bits per heavy atom. The zero-order valence-electron chi connectivity index (χ0n) is 12.4. The number of nitrogens with one attached hydrogen (secondary N) is 2. The summed E-state index contributed by atoms with van der Waals surface area (Å²) in [4.78, 5) is 33.9. The molecule has 0 saturated carbocycles. The second-order valence-electron chi connectivity index (χ2n) is 4.72. The molecule has 0 aliphatic heterocycles. The van der Waals surface area contributed by atoms with Crippen molar-refractivity contribution in [1.82, 2.24) is 0 Å². The van der Waals surface area contributed by atoms with Gasteiger partial charge in [0.2, 0.25) is 5.91 Å². The van der Waals surface area contributed by atoms with Crippen LogP contribution in [0.5, 0.6) is 0 Å². The maximum atomic E-state index is 12.0. The second kappa shape index (κ2) is 6.69. The number of carboxylic acids is 1. The number of rotatable bonds is 4. The van der Waals surface area contributed by atoms with Gasteiger partial charge < -0.3 is 15.7 Å². The summed E-state index contributed by atoms with van der Waals surface area (Å²) in [5.74, 6) is -1.83. The number of aliphatic carboxylic acids is 1. The van der Waals surface area contributed by atoms with Crippen LogP contribution >= 0.6 is 0 Å². The first-order chi connectivity index (χ1) is 9.72. The molecule has 1 aromatic carbocycles. The SMILES string of the molecule is CC(=O)Nc1ccc(C)c(NC(=O)/C(C)=C(/C)C(=O)O)c1. The molecular formula is C15H18N2O4. The van der Waals surface area contributed by atoms with E-state index in [1.165, 1.54) is 20.8 Å². The predicted molar refractivity (Wildman–Crippen MR) is 80.1 cm³/mol. The van der Waals surface area contributed by atoms with Crippen LogP contribution in [-0.4, -0.2) is 22.9 Å². The fraction of sp³-hybridized carbons (Fsp3) is 0.267. The van der Waals surface area contributed by atoms with Crippen LogP contribution in [0.15, 0.2) is 29.3 Å². The molecule has 2 amide bonds. The molecular weight excluding hydrogens is 272 g/mol. The van der Waals surface area contributed by atoms with Gasteiger partial charge in [0.05, 0.1) is 0 Å². The van der Waals surface area contributed by atoms with E-state index in [9.17, 15) is 14.4 Å². The average Bonchev–Trinajstić information content (AvgIpc) is 2.40. The van der Waals surface area contributed by atoms with E-state index >= 15 is 0 Å². The smallest absolute Gasteiger partial charge is 0.331 e. The van der Waals surface area contributed by atoms with Gasteiger partial charge in [0.25, 0.3) is 5.91 Å². The summed E-state index contributed by atoms with van der Waals surface area (Å²) in [6.45, 7) is 6.01. The first kappa shape index (κ1) is 16.4. The van der Waals surface area contributed by atoms with E-state index < -0.39 is 11.9 Å². The normalized spacial score (nSPS) is 11.4. The number of hydrogen-bond acceptors (Lipinski definition) is 3. The number of aryl methyl sites for hydroxylation is 1. The molecule has 0 heterocycles. The van der Waals surface area contributed by atoms with Gasteiger partial charge in [-0.2, -0.15) is 0 Å². The Balaban J connectivity index is 3.02. The molecule has 3 N–H and O–H groups in total. The van der Waals surface area contributed by atoms with Crippen molar-refractivity contribution < 1.29 is 19.5 Å². The van der Waals surface area contributed by atoms with E-state index in [1.807, 2.05) is 0 Å². The lowest BCUT2D eigenvalue weighted by molar-refractivity contribution is -0.133. The molecule has 112 valence electrons. The molecule has 0 spiro atoms. The highest BCUT2D eigenvalue weighted by molar-refractivity contribution is 6.08. The van der Waals surface area contributed by atoms with Crippen LogP contribution in [0.3, 0.4) is 0 Å². The van der Waals surface area contributed by atoms with Gasteiger partial charge in [0.1, 0.15) is 0 Å². The third kappa shape index (κ3) is 4.45. The van der Waals surface area contributed by atoms with E-state index in [1.54, 1.807) is 25.1 Å². The molecule has 1 aromatic rings. The van der Waals surface area contributed by atoms with Gasteiger partial charge in [-0.3, -0.25) is 9.59 Å². The number of amides is 2. The zero-order chi connectivity index (χ0) is 16.2. The van der Waals surface area contributed by atoms with Gasteiger partial charge in [-0.1, -0.05) is 6.07 Å². The van der Waals surface area contributed by atoms with Crippen LogP contribution in [0, 0.1) is 6.92 Å². The monoisotopic (exact) mass is 290 g/mol. The van der Waals surface area contributed by atoms with Crippen molar-refractivity contribution in [3.8, 4) is 0 Å². The lowest BCUT2D eigenvalue weighted by atomic mass is 10.1. The van der Waals surface area contributed by atoms with E-state index in [2.05, 4.69) is 10.6 Å². The molecule has 0 unspecified atom stereocenters. The van der Waals surface area contributed by atoms with Crippen LogP contribution in [0.4, 0.5) is 11.4 Å². The molecule has 0 atom stereocenters. The second-order valence-corrected chi connectivity index (χ2v) is 4.72. The van der Waals surface area contributed by atoms with Crippen LogP contribution in [0.1, 0.15) is 26.3 Å². The number of carbonyl (C=O) groups is 3. The van der Waals surface area contributed by atoms with E-state index in [0.29, 0.717) is 11.4 Å². The number of hydrogen-bond donors (Lipinski definition) is 3. The van der Waals surface area contributed by atoms with Crippen molar-refractivity contribution in [2.75, 3.05) is 10.6 Å². The van der Waals surface area contributed by atoms with Crippen molar-refractivity contribution in [3.63, 3.8) is 0 Å². The highest BCUT2D eigenvalue weighted by Crippen LogP contribution is 2.21. The Morgan fingerprint density at radius 1 is 1.00 bits per heavy atom. The summed E-state index contributed by atoms with van der Waals surface area (Å²) < 4.78 is 0. The minimum absolute atomic E-state index is 0.0110.